The van der Waals surface area contributed by atoms with Crippen LogP contribution < -0.4 is 0 Å². The molecule has 0 aliphatic carbocycles. The third-order valence-electron chi connectivity index (χ3n) is 5.16. The molecule has 0 radical (unpaired) electrons. The highest BCUT2D eigenvalue weighted by Gasteiger charge is 2.12. The van der Waals surface area contributed by atoms with E-state index in [0.29, 0.717) is 18.8 Å². The highest BCUT2D eigenvalue weighted by Crippen LogP contribution is 2.26. The summed E-state index contributed by atoms with van der Waals surface area (Å²) in [5, 5.41) is 0. The van der Waals surface area contributed by atoms with Gasteiger partial charge in [-0.15, -0.1) is 11.8 Å². The minimum atomic E-state index is 0. The first-order valence-electron chi connectivity index (χ1n) is 11.8. The summed E-state index contributed by atoms with van der Waals surface area (Å²) in [6, 6.07) is 11.9. The van der Waals surface area contributed by atoms with Crippen LogP contribution in [0.2, 0.25) is 0 Å². The molecule has 0 saturated heterocycles. The fraction of sp³-hybridized carbons (Fsp3) is 0.379. The normalized spacial score (nSPS) is 11.3. The number of thioether (sulfide) groups is 1. The quantitative estimate of drug-likeness (QED) is 0.271. The molecule has 0 aliphatic rings. The minimum Gasteiger partial charge on any atom is -0.461 e. The number of furan rings is 1. The van der Waals surface area contributed by atoms with Crippen LogP contribution in [-0.4, -0.2) is 10.8 Å². The first-order valence-corrected chi connectivity index (χ1v) is 12.7. The Hall–Kier alpha value is -2.79. The van der Waals surface area contributed by atoms with Crippen molar-refractivity contribution in [3.8, 4) is 11.3 Å². The number of benzene rings is 1. The SMILES string of the molecule is C/C=C(\CC)SCc1ncc(C(C)C)o1.C=C(C)CC(=O)Cc1cc(-c2ccccc2)oc1C.[HH]. The number of rotatable bonds is 10. The molecule has 0 saturated carbocycles. The number of carbonyl (C=O) groups is 1. The Bertz CT molecular complexity index is 1100. The second-order valence-electron chi connectivity index (χ2n) is 8.62. The molecule has 0 fully saturated rings. The zero-order chi connectivity index (χ0) is 25.1. The van der Waals surface area contributed by atoms with E-state index in [9.17, 15) is 4.79 Å². The van der Waals surface area contributed by atoms with E-state index < -0.39 is 0 Å². The summed E-state index contributed by atoms with van der Waals surface area (Å²) in [6.07, 6.45) is 5.91. The number of hydrogen-bond acceptors (Lipinski definition) is 5. The molecular formula is C29H39NO3S. The monoisotopic (exact) mass is 481 g/mol. The Morgan fingerprint density at radius 1 is 1.24 bits per heavy atom. The second-order valence-corrected chi connectivity index (χ2v) is 9.72. The lowest BCUT2D eigenvalue weighted by Crippen LogP contribution is -2.02. The van der Waals surface area contributed by atoms with Crippen molar-refractivity contribution in [1.82, 2.24) is 4.98 Å². The third-order valence-corrected chi connectivity index (χ3v) is 6.44. The van der Waals surface area contributed by atoms with Crippen LogP contribution in [0.1, 0.15) is 77.8 Å². The van der Waals surface area contributed by atoms with Crippen molar-refractivity contribution in [2.75, 3.05) is 0 Å². The molecule has 184 valence electrons. The van der Waals surface area contributed by atoms with Crippen molar-refractivity contribution in [3.05, 3.63) is 88.7 Å². The highest BCUT2D eigenvalue weighted by atomic mass is 32.2. The number of aromatic nitrogens is 1. The Kier molecular flexibility index (Phi) is 11.1. The van der Waals surface area contributed by atoms with Gasteiger partial charge in [0.2, 0.25) is 5.89 Å². The Balaban J connectivity index is 0.000000350. The summed E-state index contributed by atoms with van der Waals surface area (Å²) >= 11 is 1.80. The standard InChI is InChI=1S/C17H18O2.C12H19NOS.H2/c1-12(2)9-16(18)10-15-11-17(19-13(15)3)14-7-5-4-6-8-14;1-5-10(6-2)15-8-12-13-7-11(14-12)9(3)4;/h4-8,11H,1,9-10H2,2-3H3;5,7,9H,6,8H2,1-4H3;1H/b;10-5+;. The van der Waals surface area contributed by atoms with Crippen LogP contribution in [0.15, 0.2) is 74.6 Å². The molecule has 1 aromatic carbocycles. The van der Waals surface area contributed by atoms with Gasteiger partial charge < -0.3 is 8.83 Å². The molecule has 0 amide bonds. The van der Waals surface area contributed by atoms with Crippen LogP contribution >= 0.6 is 11.8 Å². The van der Waals surface area contributed by atoms with Gasteiger partial charge in [0.15, 0.2) is 0 Å². The van der Waals surface area contributed by atoms with E-state index in [-0.39, 0.29) is 7.21 Å². The first kappa shape index (κ1) is 27.5. The topological polar surface area (TPSA) is 56.2 Å². The van der Waals surface area contributed by atoms with Gasteiger partial charge in [-0.1, -0.05) is 69.3 Å². The molecule has 4 nitrogen and oxygen atoms in total. The maximum Gasteiger partial charge on any atom is 0.204 e. The van der Waals surface area contributed by atoms with E-state index in [1.54, 1.807) is 11.8 Å². The van der Waals surface area contributed by atoms with E-state index >= 15 is 0 Å². The molecule has 5 heteroatoms. The molecule has 3 rings (SSSR count). The molecule has 0 aliphatic heterocycles. The van der Waals surface area contributed by atoms with Crippen LogP contribution in [0, 0.1) is 6.92 Å². The molecule has 0 unspecified atom stereocenters. The second kappa shape index (κ2) is 13.8. The maximum absolute atomic E-state index is 11.8. The van der Waals surface area contributed by atoms with Gasteiger partial charge in [0.05, 0.1) is 11.9 Å². The smallest absolute Gasteiger partial charge is 0.204 e. The van der Waals surface area contributed by atoms with Gasteiger partial charge in [-0.25, -0.2) is 4.98 Å². The van der Waals surface area contributed by atoms with Gasteiger partial charge in [0, 0.05) is 31.3 Å². The van der Waals surface area contributed by atoms with Gasteiger partial charge in [-0.2, -0.15) is 0 Å². The lowest BCUT2D eigenvalue weighted by molar-refractivity contribution is -0.117. The van der Waals surface area contributed by atoms with Crippen LogP contribution in [0.5, 0.6) is 0 Å². The van der Waals surface area contributed by atoms with E-state index in [4.69, 9.17) is 8.83 Å². The fourth-order valence-electron chi connectivity index (χ4n) is 3.25. The lowest BCUT2D eigenvalue weighted by atomic mass is 10.0. The molecule has 0 atom stereocenters. The zero-order valence-corrected chi connectivity index (χ0v) is 22.1. The molecule has 2 aromatic heterocycles. The van der Waals surface area contributed by atoms with Gasteiger partial charge in [-0.3, -0.25) is 4.79 Å². The summed E-state index contributed by atoms with van der Waals surface area (Å²) in [6.45, 7) is 16.0. The Morgan fingerprint density at radius 3 is 2.50 bits per heavy atom. The number of aryl methyl sites for hydroxylation is 1. The van der Waals surface area contributed by atoms with Crippen LogP contribution in [0.4, 0.5) is 0 Å². The average molecular weight is 482 g/mol. The van der Waals surface area contributed by atoms with E-state index in [2.05, 4.69) is 45.3 Å². The largest absolute Gasteiger partial charge is 0.461 e. The summed E-state index contributed by atoms with van der Waals surface area (Å²) in [4.78, 5) is 17.5. The predicted octanol–water partition coefficient (Wildman–Crippen LogP) is 8.92. The number of hydrogen-bond donors (Lipinski definition) is 0. The van der Waals surface area contributed by atoms with E-state index in [0.717, 1.165) is 52.0 Å². The summed E-state index contributed by atoms with van der Waals surface area (Å²) in [5.74, 6) is 4.87. The lowest BCUT2D eigenvalue weighted by Gasteiger charge is -2.01. The number of nitrogens with zero attached hydrogens (tertiary/aromatic N) is 1. The highest BCUT2D eigenvalue weighted by molar-refractivity contribution is 8.02. The molecule has 0 N–H and O–H groups in total. The molecular weight excluding hydrogens is 442 g/mol. The molecule has 0 bridgehead atoms. The number of carbonyl (C=O) groups excluding carboxylic acids is 1. The predicted molar refractivity (Wildman–Crippen MR) is 145 cm³/mol. The van der Waals surface area contributed by atoms with Crippen LogP contribution in [0.25, 0.3) is 11.3 Å². The molecule has 3 aromatic rings. The van der Waals surface area contributed by atoms with Gasteiger partial charge >= 0.3 is 0 Å². The van der Waals surface area contributed by atoms with Crippen molar-refractivity contribution >= 4 is 17.5 Å². The summed E-state index contributed by atoms with van der Waals surface area (Å²) < 4.78 is 11.4. The van der Waals surface area contributed by atoms with Gasteiger partial charge in [0.1, 0.15) is 23.1 Å². The Morgan fingerprint density at radius 2 is 1.94 bits per heavy atom. The van der Waals surface area contributed by atoms with E-state index in [1.165, 1.54) is 4.91 Å². The number of Topliss-reactive ketones (excluding diaryl/α,β-unsaturated/α-hetero) is 1. The van der Waals surface area contributed by atoms with E-state index in [1.807, 2.05) is 56.4 Å². The minimum absolute atomic E-state index is 0. The van der Waals surface area contributed by atoms with Gasteiger partial charge in [-0.05, 0) is 38.2 Å². The Labute approximate surface area is 210 Å². The van der Waals surface area contributed by atoms with Crippen LogP contribution in [0.3, 0.4) is 0 Å². The summed E-state index contributed by atoms with van der Waals surface area (Å²) in [5.41, 5.74) is 2.89. The van der Waals surface area contributed by atoms with Crippen molar-refractivity contribution < 1.29 is 15.1 Å². The number of ketones is 1. The fourth-order valence-corrected chi connectivity index (χ4v) is 4.07. The molecule has 0 spiro atoms. The first-order chi connectivity index (χ1) is 16.2. The third kappa shape index (κ3) is 8.86. The average Bonchev–Trinajstić information content (AvgIpc) is 3.42. The maximum atomic E-state index is 11.8. The van der Waals surface area contributed by atoms with Crippen molar-refractivity contribution in [1.29, 1.82) is 0 Å². The van der Waals surface area contributed by atoms with Crippen molar-refractivity contribution in [2.24, 2.45) is 0 Å². The van der Waals surface area contributed by atoms with Gasteiger partial charge in [0.25, 0.3) is 0 Å². The number of oxazole rings is 1. The van der Waals surface area contributed by atoms with Crippen molar-refractivity contribution in [2.45, 2.75) is 72.5 Å². The number of allylic oxidation sites excluding steroid dienone is 3. The molecule has 2 heterocycles. The zero-order valence-electron chi connectivity index (χ0n) is 21.3. The van der Waals surface area contributed by atoms with Crippen LogP contribution in [-0.2, 0) is 17.0 Å². The molecule has 34 heavy (non-hydrogen) atoms. The van der Waals surface area contributed by atoms with Crippen molar-refractivity contribution in [3.63, 3.8) is 0 Å². The summed E-state index contributed by atoms with van der Waals surface area (Å²) in [7, 11) is 0.